The van der Waals surface area contributed by atoms with Gasteiger partial charge in [-0.15, -0.1) is 24.8 Å². The van der Waals surface area contributed by atoms with Gasteiger partial charge in [-0.2, -0.15) is 31.8 Å². The fourth-order valence-electron chi connectivity index (χ4n) is 3.77. The molecule has 31 heteroatoms. The molecule has 4 rings (SSSR count). The van der Waals surface area contributed by atoms with Crippen LogP contribution in [-0.2, 0) is 39.1 Å². The summed E-state index contributed by atoms with van der Waals surface area (Å²) >= 11 is 7.14. The van der Waals surface area contributed by atoms with Crippen molar-refractivity contribution in [3.8, 4) is 11.4 Å². The smallest absolute Gasteiger partial charge is 0.433 e. The fraction of sp³-hybridized carbons (Fsp3) is 0. The van der Waals surface area contributed by atoms with Gasteiger partial charge < -0.3 is 27.0 Å². The van der Waals surface area contributed by atoms with Gasteiger partial charge in [0.25, 0.3) is 10.1 Å². The van der Waals surface area contributed by atoms with E-state index in [2.05, 4.69) is 64.6 Å². The highest BCUT2D eigenvalue weighted by atomic mass is 35.5. The summed E-state index contributed by atoms with van der Waals surface area (Å²) in [6, 6.07) is 8.30. The van der Waals surface area contributed by atoms with Gasteiger partial charge in [0, 0.05) is 27.6 Å². The molecule has 0 aliphatic heterocycles. The third-order valence-electron chi connectivity index (χ3n) is 5.78. The van der Waals surface area contributed by atoms with Gasteiger partial charge >= 0.3 is 21.7 Å². The van der Waals surface area contributed by atoms with Crippen LogP contribution in [0.1, 0.15) is 10.4 Å². The van der Waals surface area contributed by atoms with Crippen molar-refractivity contribution in [3.63, 3.8) is 0 Å². The normalized spacial score (nSPS) is 11.7. The second-order valence-corrected chi connectivity index (χ2v) is 14.7. The molecule has 4 aromatic rings. The number of azo groups is 2. The Hall–Kier alpha value is -5.43. The molecular formula is C25H17ClN10O15S5. The highest BCUT2D eigenvalue weighted by Crippen LogP contribution is 2.43. The molecule has 0 atom stereocenters. The monoisotopic (exact) mass is 892 g/mol. The molecule has 0 saturated heterocycles. The molecule has 0 amide bonds. The maximum Gasteiger partial charge on any atom is 0.433 e. The minimum absolute atomic E-state index is 0.0345. The molecule has 294 valence electrons. The first-order valence-corrected chi connectivity index (χ1v) is 19.2. The van der Waals surface area contributed by atoms with Gasteiger partial charge in [0.2, 0.25) is 16.4 Å². The summed E-state index contributed by atoms with van der Waals surface area (Å²) in [6.07, 6.45) is 1.74. The van der Waals surface area contributed by atoms with E-state index in [0.29, 0.717) is 23.8 Å². The summed E-state index contributed by atoms with van der Waals surface area (Å²) < 4.78 is 71.7. The van der Waals surface area contributed by atoms with Gasteiger partial charge in [-0.05, 0) is 70.2 Å². The number of carboxylic acids is 1. The fourth-order valence-corrected chi connectivity index (χ4v) is 6.16. The molecule has 0 bridgehead atoms. The Morgan fingerprint density at radius 1 is 0.893 bits per heavy atom. The number of hydrogen-bond acceptors (Lipinski definition) is 24. The quantitative estimate of drug-likeness (QED) is 0.00966. The van der Waals surface area contributed by atoms with Crippen molar-refractivity contribution in [1.82, 2.24) is 15.0 Å². The lowest BCUT2D eigenvalue weighted by atomic mass is 10.1. The number of nitrogen functional groups attached to an aromatic ring is 2. The number of rotatable bonds is 15. The van der Waals surface area contributed by atoms with Gasteiger partial charge in [-0.1, -0.05) is 5.04 Å². The van der Waals surface area contributed by atoms with E-state index in [4.69, 9.17) is 38.0 Å². The predicted octanol–water partition coefficient (Wildman–Crippen LogP) is 6.17. The summed E-state index contributed by atoms with van der Waals surface area (Å²) in [7, 11) is -9.98. The van der Waals surface area contributed by atoms with Crippen LogP contribution < -0.4 is 16.8 Å². The first-order chi connectivity index (χ1) is 26.3. The summed E-state index contributed by atoms with van der Waals surface area (Å²) in [5.41, 5.74) is 9.11. The van der Waals surface area contributed by atoms with E-state index in [1.165, 1.54) is 24.3 Å². The van der Waals surface area contributed by atoms with Gasteiger partial charge in [0.15, 0.2) is 6.11 Å². The van der Waals surface area contributed by atoms with Gasteiger partial charge in [-0.25, -0.2) is 14.8 Å². The van der Waals surface area contributed by atoms with E-state index in [9.17, 15) is 36.1 Å². The van der Waals surface area contributed by atoms with Crippen LogP contribution in [0.4, 0.5) is 50.6 Å². The van der Waals surface area contributed by atoms with Crippen molar-refractivity contribution in [1.29, 1.82) is 0 Å². The van der Waals surface area contributed by atoms with E-state index in [0.717, 1.165) is 18.2 Å². The van der Waals surface area contributed by atoms with E-state index in [-0.39, 0.29) is 60.7 Å². The number of aromatic carboxylic acids is 1. The average Bonchev–Trinajstić information content (AvgIpc) is 3.08. The van der Waals surface area contributed by atoms with Gasteiger partial charge in [0.1, 0.15) is 33.2 Å². The molecule has 25 nitrogen and oxygen atoms in total. The van der Waals surface area contributed by atoms with E-state index in [1.54, 1.807) is 6.11 Å². The van der Waals surface area contributed by atoms with Crippen molar-refractivity contribution >= 4 is 125 Å². The standard InChI is InChI=1S/C25H17ClN10O15S5/c26-22-30-23(32-24(31-22)53-25(39)40)29-10-1-4-16(54-50-49-41)15(7-10)34-36-20-13(28)9-12(27)19(18(20)21(37)38)35-33-14-3-2-11(8-17(14)55(42,43)44)52-6-5-48-51-56(45,46)47/h1-4,7-9,41H,27-28H2,(H,37,38)(H,39,40)(H,42,43,44)(H,45,46,47)(H,29,30,31,32). The van der Waals surface area contributed by atoms with Crippen LogP contribution >= 0.6 is 47.2 Å². The van der Waals surface area contributed by atoms with Crippen molar-refractivity contribution in [2.75, 3.05) is 16.8 Å². The second-order valence-electron chi connectivity index (χ2n) is 9.43. The Balaban J connectivity index is 1.73. The summed E-state index contributed by atoms with van der Waals surface area (Å²) in [6.45, 7) is 0. The van der Waals surface area contributed by atoms with Crippen LogP contribution in [0.2, 0.25) is 5.28 Å². The molecule has 0 saturated carbocycles. The van der Waals surface area contributed by atoms with Crippen LogP contribution in [0.25, 0.3) is 0 Å². The minimum atomic E-state index is -5.02. The van der Waals surface area contributed by atoms with Crippen LogP contribution in [0.5, 0.6) is 0 Å². The zero-order chi connectivity index (χ0) is 41.2. The maximum atomic E-state index is 12.6. The highest BCUT2D eigenvalue weighted by Gasteiger charge is 2.23. The SMILES string of the molecule is Nc1cc(N)c(N=Nc2ccc(SC#COOS(=O)(=O)O)cc2S(=O)(=O)O)c(C(=O)O)c1N=Nc1cc(Nc2nc(Cl)nc(SC(=O)O)n2)ccc1SOOO. The Labute approximate surface area is 329 Å². The molecule has 56 heavy (non-hydrogen) atoms. The maximum absolute atomic E-state index is 12.6. The molecule has 0 unspecified atom stereocenters. The van der Waals surface area contributed by atoms with Crippen molar-refractivity contribution in [3.05, 3.63) is 53.3 Å². The Morgan fingerprint density at radius 2 is 1.57 bits per heavy atom. The average molecular weight is 893 g/mol. The lowest BCUT2D eigenvalue weighted by molar-refractivity contribution is -0.432. The number of hydrogen-bond donors (Lipinski definition) is 8. The van der Waals surface area contributed by atoms with Crippen LogP contribution in [0, 0.1) is 11.4 Å². The lowest BCUT2D eigenvalue weighted by Crippen LogP contribution is -2.03. The number of benzene rings is 3. The highest BCUT2D eigenvalue weighted by molar-refractivity contribution is 8.13. The molecule has 0 aliphatic carbocycles. The molecule has 0 fully saturated rings. The molecule has 0 spiro atoms. The number of thioether (sulfide) groups is 2. The van der Waals surface area contributed by atoms with Gasteiger partial charge in [-0.3, -0.25) is 14.0 Å². The van der Waals surface area contributed by atoms with Crippen LogP contribution in [0.15, 0.2) is 82.8 Å². The first-order valence-electron chi connectivity index (χ1n) is 13.6. The largest absolute Gasteiger partial charge is 0.478 e. The second kappa shape index (κ2) is 18.9. The molecule has 10 N–H and O–H groups in total. The van der Waals surface area contributed by atoms with Crippen molar-refractivity contribution < 1.29 is 69.6 Å². The van der Waals surface area contributed by atoms with E-state index >= 15 is 0 Å². The van der Waals surface area contributed by atoms with Crippen LogP contribution in [-0.4, -0.2) is 67.6 Å². The predicted molar refractivity (Wildman–Crippen MR) is 193 cm³/mol. The summed E-state index contributed by atoms with van der Waals surface area (Å²) in [5.74, 6) is -1.88. The molecule has 0 aliphatic rings. The Morgan fingerprint density at radius 3 is 2.18 bits per heavy atom. The van der Waals surface area contributed by atoms with Crippen molar-refractivity contribution in [2.24, 2.45) is 20.5 Å². The first kappa shape index (κ1) is 43.3. The number of nitrogens with two attached hydrogens (primary N) is 2. The molecule has 1 aromatic heterocycles. The molecule has 3 aromatic carbocycles. The van der Waals surface area contributed by atoms with Gasteiger partial charge in [0.05, 0.1) is 28.3 Å². The van der Waals surface area contributed by atoms with E-state index < -0.39 is 59.3 Å². The number of aromatic nitrogens is 3. The molecular weight excluding hydrogens is 876 g/mol. The zero-order valence-electron chi connectivity index (χ0n) is 26.6. The lowest BCUT2D eigenvalue weighted by Gasteiger charge is -2.11. The Kier molecular flexibility index (Phi) is 14.6. The molecule has 1 heterocycles. The number of nitrogens with zero attached hydrogens (tertiary/aromatic N) is 7. The third-order valence-corrected chi connectivity index (χ3v) is 8.94. The Bertz CT molecular complexity index is 2540. The number of carboxylic acid groups (broad SMARTS) is 2. The van der Waals surface area contributed by atoms with E-state index in [1.807, 2.05) is 0 Å². The third kappa shape index (κ3) is 12.6. The number of anilines is 4. The van der Waals surface area contributed by atoms with Crippen LogP contribution in [0.3, 0.4) is 0 Å². The van der Waals surface area contributed by atoms with Crippen molar-refractivity contribution in [2.45, 2.75) is 19.8 Å². The number of carbonyl (C=O) groups is 2. The number of nitrogens with one attached hydrogen (secondary N) is 1. The zero-order valence-corrected chi connectivity index (χ0v) is 31.4. The summed E-state index contributed by atoms with van der Waals surface area (Å²) in [4.78, 5) is 38.4. The minimum Gasteiger partial charge on any atom is -0.478 e. The topological polar surface area (TPSA) is 393 Å². The molecule has 0 radical (unpaired) electrons. The summed E-state index contributed by atoms with van der Waals surface area (Å²) in [5, 5.41) is 50.1. The number of halogens is 1.